The number of nitrogens with zero attached hydrogens (tertiary/aromatic N) is 3. The number of aromatic hydroxyl groups is 1. The first-order valence-electron chi connectivity index (χ1n) is 45.9. The van der Waals surface area contributed by atoms with Gasteiger partial charge in [0.1, 0.15) is 89.9 Å². The van der Waals surface area contributed by atoms with Crippen LogP contribution in [0.3, 0.4) is 0 Å². The van der Waals surface area contributed by atoms with Gasteiger partial charge >= 0.3 is 11.9 Å². The highest BCUT2D eigenvalue weighted by molar-refractivity contribution is 7.98. The number of nitriles is 1. The summed E-state index contributed by atoms with van der Waals surface area (Å²) in [5.41, 5.74) is 17.2. The fraction of sp³-hybridized carbons (Fsp3) is 0.500. The number of carboxylic acid groups (broad SMARTS) is 2. The summed E-state index contributed by atoms with van der Waals surface area (Å²) in [7, 11) is 0. The van der Waals surface area contributed by atoms with Gasteiger partial charge in [-0.05, 0) is 196 Å². The Morgan fingerprint density at radius 3 is 1.65 bits per heavy atom. The molecule has 4 heterocycles. The molecule has 5 aromatic rings. The first-order valence-corrected chi connectivity index (χ1v) is 48.7. The number of primary amides is 1. The van der Waals surface area contributed by atoms with E-state index in [0.29, 0.717) is 34.2 Å². The van der Waals surface area contributed by atoms with Gasteiger partial charge in [-0.15, -0.1) is 0 Å². The van der Waals surface area contributed by atoms with Gasteiger partial charge in [0.2, 0.25) is 82.7 Å². The molecule has 0 saturated carbocycles. The minimum atomic E-state index is -2.06. The first kappa shape index (κ1) is 109. The number of aromatic nitrogens is 1. The zero-order chi connectivity index (χ0) is 101. The third-order valence-electron chi connectivity index (χ3n) is 23.4. The number of aliphatic hydroxyl groups is 1. The summed E-state index contributed by atoms with van der Waals surface area (Å²) >= 11 is 2.70. The molecule has 1 fully saturated rings. The van der Waals surface area contributed by atoms with E-state index >= 15 is 9.59 Å². The van der Waals surface area contributed by atoms with Crippen molar-refractivity contribution in [2.75, 3.05) is 74.8 Å². The van der Waals surface area contributed by atoms with Crippen LogP contribution in [0, 0.1) is 22.7 Å². The molecule has 8 rings (SSSR count). The van der Waals surface area contributed by atoms with Gasteiger partial charge in [-0.2, -0.15) is 28.8 Å². The van der Waals surface area contributed by atoms with Crippen LogP contribution in [0.4, 0.5) is 5.69 Å². The van der Waals surface area contributed by atoms with Gasteiger partial charge in [-0.1, -0.05) is 74.5 Å². The maximum atomic E-state index is 15.3. The van der Waals surface area contributed by atoms with Gasteiger partial charge in [-0.3, -0.25) is 86.9 Å². The fourth-order valence-electron chi connectivity index (χ4n) is 16.5. The number of para-hydroxylation sites is 1. The van der Waals surface area contributed by atoms with E-state index in [-0.39, 0.29) is 118 Å². The van der Waals surface area contributed by atoms with E-state index in [4.69, 9.17) is 16.9 Å². The molecule has 12 atom stereocenters. The molecule has 15 amide bonds. The number of likely N-dealkylation sites (tertiary alicyclic amines) is 1. The number of anilines is 1. The molecule has 3 aliphatic heterocycles. The molecule has 746 valence electrons. The lowest BCUT2D eigenvalue weighted by Gasteiger charge is -2.37. The molecule has 0 radical (unpaired) electrons. The van der Waals surface area contributed by atoms with Gasteiger partial charge in [0, 0.05) is 88.1 Å². The predicted octanol–water partition coefficient (Wildman–Crippen LogP) is -0.414. The lowest BCUT2D eigenvalue weighted by molar-refractivity contribution is -0.142. The second-order valence-electron chi connectivity index (χ2n) is 34.5. The summed E-state index contributed by atoms with van der Waals surface area (Å²) in [5.74, 6) is -17.3. The quantitative estimate of drug-likeness (QED) is 0.00773. The number of hydrogen-bond donors (Lipinski definition) is 22. The summed E-state index contributed by atoms with van der Waals surface area (Å²) < 4.78 is 0. The third-order valence-corrected chi connectivity index (χ3v) is 24.7. The lowest BCUT2D eigenvalue weighted by Crippen LogP contribution is -2.61. The molecule has 0 unspecified atom stereocenters. The molecule has 0 bridgehead atoms. The number of phenolic OH excluding ortho intramolecular Hbond substituents is 1. The Morgan fingerprint density at radius 2 is 1.07 bits per heavy atom. The lowest BCUT2D eigenvalue weighted by atomic mass is 9.89. The molecule has 0 spiro atoms. The van der Waals surface area contributed by atoms with Gasteiger partial charge in [0.05, 0.1) is 19.6 Å². The molecule has 4 aromatic carbocycles. The van der Waals surface area contributed by atoms with Crippen molar-refractivity contribution in [2.24, 2.45) is 17.4 Å². The summed E-state index contributed by atoms with van der Waals surface area (Å²) in [6, 6.07) is 7.94. The van der Waals surface area contributed by atoms with E-state index < -0.39 is 218 Å². The number of hydrogen-bond acceptors (Lipinski definition) is 24. The van der Waals surface area contributed by atoms with E-state index in [9.17, 15) is 97.6 Å². The van der Waals surface area contributed by atoms with Gasteiger partial charge < -0.3 is 121 Å². The molecule has 44 heteroatoms. The summed E-state index contributed by atoms with van der Waals surface area (Å²) in [5, 5.41) is 95.1. The van der Waals surface area contributed by atoms with Gasteiger partial charge in [-0.25, -0.2) is 0 Å². The number of guanidine groups is 1. The van der Waals surface area contributed by atoms with Crippen LogP contribution >= 0.6 is 23.5 Å². The number of benzene rings is 4. The Bertz CT molecular complexity index is 5200. The van der Waals surface area contributed by atoms with Crippen molar-refractivity contribution in [2.45, 2.75) is 222 Å². The largest absolute Gasteiger partial charge is 0.508 e. The van der Waals surface area contributed by atoms with Crippen molar-refractivity contribution >= 4 is 153 Å². The zero-order valence-electron chi connectivity index (χ0n) is 77.9. The van der Waals surface area contributed by atoms with E-state index in [1.165, 1.54) is 82.6 Å². The number of aryl methyl sites for hydroxylation is 2. The summed E-state index contributed by atoms with van der Waals surface area (Å²) in [6.45, 7) is 5.02. The number of aliphatic hydroxyl groups excluding tert-OH is 1. The number of nitrogens with two attached hydrogens (primary N) is 2. The summed E-state index contributed by atoms with van der Waals surface area (Å²) in [6.07, 6.45) is 7.86. The van der Waals surface area contributed by atoms with Crippen LogP contribution in [0.15, 0.2) is 103 Å². The van der Waals surface area contributed by atoms with Gasteiger partial charge in [0.15, 0.2) is 5.96 Å². The van der Waals surface area contributed by atoms with Crippen molar-refractivity contribution in [1.82, 2.24) is 84.3 Å². The van der Waals surface area contributed by atoms with Crippen LogP contribution < -0.4 is 90.8 Å². The molecular weight excluding hydrogens is 1820 g/mol. The van der Waals surface area contributed by atoms with E-state index in [0.717, 1.165) is 44.3 Å². The smallest absolute Gasteiger partial charge is 0.305 e. The molecule has 1 saturated heterocycles. The number of aliphatic carboxylic acids is 2. The highest BCUT2D eigenvalue weighted by atomic mass is 32.2. The fourth-order valence-corrected chi connectivity index (χ4v) is 17.4. The SMILES string of the molecule is CSCC[C@H](NC(=O)[C@H](Cc1ccccc1)NC(=O)[C@H](CCCNC(=N)N)NC(=O)[C@@H]1CCCN1C(=O)[C@H](CCSC)NC(C)=O)C(=O)N[C@@H](CC(=O)O)C(=O)N[C@@H](Cc1ccc(O)cc1)C(=O)N[C@@H](Cc1c[nH]c2ccccc12)C(=O)N[C@@H](CCC(=O)O)C(=O)NCC(=O)N[C@@H](CC(C)C)C(=O)N[C@@H](CO)C(=O)N[C@@H](CCCCNC(=O)/C(C#N)=C/c1cc2c3c(c1)CCCN3CCC2)C(N)=O. The number of carboxylic acids is 2. The third kappa shape index (κ3) is 34.8. The van der Waals surface area contributed by atoms with Crippen molar-refractivity contribution in [1.29, 1.82) is 10.7 Å². The van der Waals surface area contributed by atoms with Crippen molar-refractivity contribution in [3.05, 3.63) is 136 Å². The number of rotatable bonds is 56. The second kappa shape index (κ2) is 55.4. The van der Waals surface area contributed by atoms with Crippen molar-refractivity contribution in [3.63, 3.8) is 0 Å². The topological polar surface area (TPSA) is 661 Å². The Balaban J connectivity index is 0.948. The zero-order valence-corrected chi connectivity index (χ0v) is 79.5. The monoisotopic (exact) mass is 1950 g/mol. The maximum absolute atomic E-state index is 15.3. The Hall–Kier alpha value is -13.8. The number of aromatic amines is 1. The molecule has 1 aromatic heterocycles. The number of amides is 15. The number of H-pyrrole nitrogens is 1. The molecular formula is C94H127N21O21S2. The average Bonchev–Trinajstić information content (AvgIpc) is 0.938. The van der Waals surface area contributed by atoms with Gasteiger partial charge in [0.25, 0.3) is 5.91 Å². The number of fused-ring (bicyclic) bond motifs is 1. The Kier molecular flexibility index (Phi) is 43.9. The standard InChI is InChI=1S/C94H127N21O21S2/c1-53(2)41-70(86(129)113-75(52-116)91(134)105-65(81(96)124)23-11-12-34-99-82(125)60(49-95)44-57-42-58-19-14-36-114-37-15-20-59(43-57)80(58)114)104-77(119)51-102-83(126)67(30-31-78(120)121)106-89(132)73(47-61-50-101-64-22-10-9-21-63(61)64)111-88(131)72(46-56-26-28-62(118)29-27-56)110-90(133)74(48-79(122)123)112-85(128)68(32-39-137-4)107-87(130)71(45-55-17-7-6-8-18-55)109-84(127)66(24-13-35-100-94(97)98)108-92(135)76-25-16-38-115(76)93(136)69(33-40-138-5)103-54(3)117/h6-10,17-18,21-22,26-29,42-44,50,53,65-76,101,116,118H,11-16,19-20,23-25,30-41,45-48,51-52H2,1-5H3,(H2,96,124)(H,99,125)(H,102,126)(H,103,117)(H,104,119)(H,105,134)(H,106,132)(H,107,130)(H,108,135)(H,109,127)(H,110,133)(H,111,131)(H,112,128)(H,113,129)(H,120,121)(H,122,123)(H4,97,98,100)/b60-44+/t65-,66-,67-,68-,69-,70-,71-,72-,73-,74-,75-,76-/m0/s1. The highest BCUT2D eigenvalue weighted by Gasteiger charge is 2.42. The van der Waals surface area contributed by atoms with Crippen LogP contribution in [0.2, 0.25) is 0 Å². The van der Waals surface area contributed by atoms with E-state index in [2.05, 4.69) is 84.3 Å². The molecule has 0 aliphatic carbocycles. The van der Waals surface area contributed by atoms with Crippen LogP contribution in [0.1, 0.15) is 150 Å². The number of nitrogens with one attached hydrogen (secondary N) is 16. The predicted molar refractivity (Wildman–Crippen MR) is 514 cm³/mol. The Morgan fingerprint density at radius 1 is 0.551 bits per heavy atom. The average molecular weight is 1950 g/mol. The number of unbranched alkanes of at least 4 members (excludes halogenated alkanes) is 1. The minimum absolute atomic E-state index is 0.0441. The highest BCUT2D eigenvalue weighted by Crippen LogP contribution is 2.37. The molecule has 24 N–H and O–H groups in total. The first-order chi connectivity index (χ1) is 66.0. The summed E-state index contributed by atoms with van der Waals surface area (Å²) in [4.78, 5) is 244. The van der Waals surface area contributed by atoms with Crippen LogP contribution in [-0.2, 0) is 114 Å². The number of carbonyl (C=O) groups excluding carboxylic acids is 15. The number of phenols is 1. The van der Waals surface area contributed by atoms with Crippen molar-refractivity contribution in [3.8, 4) is 11.8 Å². The molecule has 138 heavy (non-hydrogen) atoms. The molecule has 42 nitrogen and oxygen atoms in total. The normalized spacial score (nSPS) is 15.6. The van der Waals surface area contributed by atoms with Crippen LogP contribution in [0.5, 0.6) is 5.75 Å². The minimum Gasteiger partial charge on any atom is -0.508 e. The maximum Gasteiger partial charge on any atom is 0.305 e. The van der Waals surface area contributed by atoms with E-state index in [1.807, 2.05) is 24.5 Å². The number of thioether (sulfide) groups is 2. The van der Waals surface area contributed by atoms with Crippen LogP contribution in [0.25, 0.3) is 17.0 Å². The Labute approximate surface area is 807 Å². The van der Waals surface area contributed by atoms with E-state index in [1.54, 1.807) is 80.8 Å². The number of carbonyl (C=O) groups is 17. The van der Waals surface area contributed by atoms with Crippen LogP contribution in [-0.4, -0.2) is 279 Å². The molecule has 3 aliphatic rings. The second-order valence-corrected chi connectivity index (χ2v) is 36.5. The van der Waals surface area contributed by atoms with Crippen molar-refractivity contribution < 1.29 is 102 Å².